The lowest BCUT2D eigenvalue weighted by Crippen LogP contribution is -2.53. The molecule has 0 amide bonds. The van der Waals surface area contributed by atoms with Crippen LogP contribution >= 0.6 is 0 Å². The molecule has 1 aliphatic rings. The van der Waals surface area contributed by atoms with E-state index in [4.69, 9.17) is 9.47 Å². The number of aliphatic hydroxyl groups excluding tert-OH is 1. The van der Waals surface area contributed by atoms with E-state index in [0.29, 0.717) is 13.2 Å². The van der Waals surface area contributed by atoms with Gasteiger partial charge in [0.2, 0.25) is 0 Å². The van der Waals surface area contributed by atoms with E-state index in [1.807, 2.05) is 6.92 Å². The molecular weight excluding hydrogens is 218 g/mol. The van der Waals surface area contributed by atoms with Crippen LogP contribution in [0.15, 0.2) is 0 Å². The molecule has 2 N–H and O–H groups in total. The van der Waals surface area contributed by atoms with Gasteiger partial charge in [0.25, 0.3) is 0 Å². The van der Waals surface area contributed by atoms with Crippen LogP contribution in [0, 0.1) is 0 Å². The van der Waals surface area contributed by atoms with Gasteiger partial charge in [0.15, 0.2) is 0 Å². The second kappa shape index (κ2) is 8.03. The molecule has 0 spiro atoms. The third-order valence-electron chi connectivity index (χ3n) is 3.44. The standard InChI is InChI=1S/C13H27NO3/c1-3-14-13(11-15)7-5-6-12(10-13)17-9-8-16-4-2/h12,14-15H,3-11H2,1-2H3. The highest BCUT2D eigenvalue weighted by atomic mass is 16.5. The van der Waals surface area contributed by atoms with Crippen LogP contribution in [0.3, 0.4) is 0 Å². The second-order valence-electron chi connectivity index (χ2n) is 4.75. The van der Waals surface area contributed by atoms with E-state index in [2.05, 4.69) is 12.2 Å². The van der Waals surface area contributed by atoms with Gasteiger partial charge in [-0.1, -0.05) is 6.92 Å². The van der Waals surface area contributed by atoms with E-state index in [1.54, 1.807) is 0 Å². The van der Waals surface area contributed by atoms with E-state index in [1.165, 1.54) is 0 Å². The van der Waals surface area contributed by atoms with Gasteiger partial charge in [-0.15, -0.1) is 0 Å². The van der Waals surface area contributed by atoms with E-state index < -0.39 is 0 Å². The zero-order chi connectivity index (χ0) is 12.6. The summed E-state index contributed by atoms with van der Waals surface area (Å²) in [5.41, 5.74) is -0.122. The Balaban J connectivity index is 2.31. The molecule has 1 aliphatic carbocycles. The van der Waals surface area contributed by atoms with Gasteiger partial charge in [0, 0.05) is 12.1 Å². The van der Waals surface area contributed by atoms with Crippen molar-refractivity contribution < 1.29 is 14.6 Å². The van der Waals surface area contributed by atoms with Crippen LogP contribution in [-0.4, -0.2) is 49.7 Å². The summed E-state index contributed by atoms with van der Waals surface area (Å²) in [4.78, 5) is 0. The summed E-state index contributed by atoms with van der Waals surface area (Å²) in [5, 5.41) is 13.0. The van der Waals surface area contributed by atoms with Crippen LogP contribution in [0.1, 0.15) is 39.5 Å². The van der Waals surface area contributed by atoms with E-state index in [9.17, 15) is 5.11 Å². The van der Waals surface area contributed by atoms with Crippen molar-refractivity contribution in [3.05, 3.63) is 0 Å². The normalized spacial score (nSPS) is 29.5. The van der Waals surface area contributed by atoms with Gasteiger partial charge in [-0.3, -0.25) is 0 Å². The van der Waals surface area contributed by atoms with Crippen LogP contribution in [0.25, 0.3) is 0 Å². The predicted octanol–water partition coefficient (Wildman–Crippen LogP) is 1.32. The molecule has 17 heavy (non-hydrogen) atoms. The molecule has 0 saturated heterocycles. The fourth-order valence-corrected chi connectivity index (χ4v) is 2.60. The Morgan fingerprint density at radius 3 is 2.82 bits per heavy atom. The molecule has 1 saturated carbocycles. The summed E-state index contributed by atoms with van der Waals surface area (Å²) < 4.78 is 11.1. The molecule has 1 rings (SSSR count). The minimum Gasteiger partial charge on any atom is -0.394 e. The molecule has 1 fully saturated rings. The first-order chi connectivity index (χ1) is 8.26. The fraction of sp³-hybridized carbons (Fsp3) is 1.00. The average molecular weight is 245 g/mol. The van der Waals surface area contributed by atoms with Gasteiger partial charge in [-0.25, -0.2) is 0 Å². The molecule has 2 atom stereocenters. The summed E-state index contributed by atoms with van der Waals surface area (Å²) in [5.74, 6) is 0. The molecule has 0 aliphatic heterocycles. The number of hydrogen-bond acceptors (Lipinski definition) is 4. The third kappa shape index (κ3) is 4.92. The summed E-state index contributed by atoms with van der Waals surface area (Å²) >= 11 is 0. The number of hydrogen-bond donors (Lipinski definition) is 2. The highest BCUT2D eigenvalue weighted by Gasteiger charge is 2.35. The SMILES string of the molecule is CCNC1(CO)CCCC(OCCOCC)C1. The van der Waals surface area contributed by atoms with Crippen molar-refractivity contribution in [2.75, 3.05) is 33.0 Å². The van der Waals surface area contributed by atoms with Gasteiger partial charge in [0.1, 0.15) is 0 Å². The molecule has 102 valence electrons. The fourth-order valence-electron chi connectivity index (χ4n) is 2.60. The maximum absolute atomic E-state index is 9.56. The average Bonchev–Trinajstić information content (AvgIpc) is 2.35. The second-order valence-corrected chi connectivity index (χ2v) is 4.75. The maximum Gasteiger partial charge on any atom is 0.0704 e. The van der Waals surface area contributed by atoms with Crippen LogP contribution in [0.2, 0.25) is 0 Å². The zero-order valence-corrected chi connectivity index (χ0v) is 11.2. The first kappa shape index (κ1) is 14.9. The number of likely N-dealkylation sites (N-methyl/N-ethyl adjacent to an activating group) is 1. The Morgan fingerprint density at radius 2 is 2.18 bits per heavy atom. The van der Waals surface area contributed by atoms with Crippen molar-refractivity contribution >= 4 is 0 Å². The van der Waals surface area contributed by atoms with Crippen molar-refractivity contribution in [3.8, 4) is 0 Å². The molecule has 0 bridgehead atoms. The number of aliphatic hydroxyl groups is 1. The van der Waals surface area contributed by atoms with Crippen molar-refractivity contribution in [3.63, 3.8) is 0 Å². The molecule has 0 aromatic rings. The molecule has 0 aromatic heterocycles. The largest absolute Gasteiger partial charge is 0.394 e. The van der Waals surface area contributed by atoms with Gasteiger partial charge in [0.05, 0.1) is 25.9 Å². The van der Waals surface area contributed by atoms with Gasteiger partial charge in [-0.2, -0.15) is 0 Å². The summed E-state index contributed by atoms with van der Waals surface area (Å²) in [7, 11) is 0. The predicted molar refractivity (Wildman–Crippen MR) is 68.2 cm³/mol. The topological polar surface area (TPSA) is 50.7 Å². The minimum atomic E-state index is -0.122. The lowest BCUT2D eigenvalue weighted by molar-refractivity contribution is -0.0362. The number of rotatable bonds is 8. The van der Waals surface area contributed by atoms with Crippen molar-refractivity contribution in [1.82, 2.24) is 5.32 Å². The van der Waals surface area contributed by atoms with E-state index in [0.717, 1.165) is 38.8 Å². The van der Waals surface area contributed by atoms with Gasteiger partial charge in [-0.05, 0) is 39.2 Å². The van der Waals surface area contributed by atoms with Crippen LogP contribution in [0.4, 0.5) is 0 Å². The monoisotopic (exact) mass is 245 g/mol. The van der Waals surface area contributed by atoms with Crippen LogP contribution in [0.5, 0.6) is 0 Å². The highest BCUT2D eigenvalue weighted by Crippen LogP contribution is 2.29. The number of nitrogens with one attached hydrogen (secondary N) is 1. The molecule has 0 radical (unpaired) electrons. The summed E-state index contributed by atoms with van der Waals surface area (Å²) in [6.07, 6.45) is 4.42. The molecule has 4 heteroatoms. The van der Waals surface area contributed by atoms with E-state index in [-0.39, 0.29) is 18.2 Å². The lowest BCUT2D eigenvalue weighted by atomic mass is 9.80. The smallest absolute Gasteiger partial charge is 0.0704 e. The van der Waals surface area contributed by atoms with Crippen LogP contribution < -0.4 is 5.32 Å². The van der Waals surface area contributed by atoms with E-state index >= 15 is 0 Å². The lowest BCUT2D eigenvalue weighted by Gasteiger charge is -2.40. The first-order valence-corrected chi connectivity index (χ1v) is 6.81. The molecule has 0 heterocycles. The quantitative estimate of drug-likeness (QED) is 0.633. The Labute approximate surface area is 105 Å². The molecule has 2 unspecified atom stereocenters. The van der Waals surface area contributed by atoms with Crippen LogP contribution in [-0.2, 0) is 9.47 Å². The van der Waals surface area contributed by atoms with Crippen molar-refractivity contribution in [2.24, 2.45) is 0 Å². The summed E-state index contributed by atoms with van der Waals surface area (Å²) in [6.45, 7) is 7.23. The Morgan fingerprint density at radius 1 is 1.35 bits per heavy atom. The molecular formula is C13H27NO3. The molecule has 0 aromatic carbocycles. The highest BCUT2D eigenvalue weighted by molar-refractivity contribution is 4.93. The Bertz CT molecular complexity index is 197. The minimum absolute atomic E-state index is 0.122. The van der Waals surface area contributed by atoms with Gasteiger partial charge < -0.3 is 19.9 Å². The first-order valence-electron chi connectivity index (χ1n) is 6.81. The Hall–Kier alpha value is -0.160. The Kier molecular flexibility index (Phi) is 7.04. The molecule has 4 nitrogen and oxygen atoms in total. The van der Waals surface area contributed by atoms with Crippen molar-refractivity contribution in [2.45, 2.75) is 51.2 Å². The van der Waals surface area contributed by atoms with Gasteiger partial charge >= 0.3 is 0 Å². The third-order valence-corrected chi connectivity index (χ3v) is 3.44. The zero-order valence-electron chi connectivity index (χ0n) is 11.2. The van der Waals surface area contributed by atoms with Crippen molar-refractivity contribution in [1.29, 1.82) is 0 Å². The number of ether oxygens (including phenoxy) is 2. The maximum atomic E-state index is 9.56. The summed E-state index contributed by atoms with van der Waals surface area (Å²) in [6, 6.07) is 0.